The Labute approximate surface area is 110 Å². The molecule has 104 valence electrons. The second-order valence-electron chi connectivity index (χ2n) is 5.55. The highest BCUT2D eigenvalue weighted by Crippen LogP contribution is 2.19. The first kappa shape index (κ1) is 13.8. The Morgan fingerprint density at radius 3 is 2.89 bits per heavy atom. The lowest BCUT2D eigenvalue weighted by molar-refractivity contribution is -0.140. The molecule has 4 heteroatoms. The molecule has 0 aromatic carbocycles. The first-order valence-corrected chi connectivity index (χ1v) is 7.34. The van der Waals surface area contributed by atoms with E-state index >= 15 is 0 Å². The van der Waals surface area contributed by atoms with Gasteiger partial charge in [-0.15, -0.1) is 0 Å². The maximum atomic E-state index is 12.3. The summed E-state index contributed by atoms with van der Waals surface area (Å²) < 4.78 is 5.48. The fraction of sp³-hybridized carbons (Fsp3) is 0.929. The summed E-state index contributed by atoms with van der Waals surface area (Å²) in [6, 6.07) is 0.612. The van der Waals surface area contributed by atoms with Crippen molar-refractivity contribution in [2.24, 2.45) is 0 Å². The van der Waals surface area contributed by atoms with Crippen LogP contribution in [0.3, 0.4) is 0 Å². The molecule has 18 heavy (non-hydrogen) atoms. The van der Waals surface area contributed by atoms with Crippen molar-refractivity contribution in [1.29, 1.82) is 0 Å². The van der Waals surface area contributed by atoms with Crippen molar-refractivity contribution in [2.75, 3.05) is 32.8 Å². The van der Waals surface area contributed by atoms with Gasteiger partial charge in [0.25, 0.3) is 0 Å². The molecule has 2 atom stereocenters. The van der Waals surface area contributed by atoms with Crippen LogP contribution in [0.2, 0.25) is 0 Å². The number of likely N-dealkylation sites (tertiary alicyclic amines) is 1. The van der Waals surface area contributed by atoms with Crippen molar-refractivity contribution in [3.05, 3.63) is 0 Å². The van der Waals surface area contributed by atoms with Crippen LogP contribution in [0.15, 0.2) is 0 Å². The molecule has 0 aromatic heterocycles. The van der Waals surface area contributed by atoms with Gasteiger partial charge in [0, 0.05) is 19.1 Å². The Balaban J connectivity index is 1.85. The van der Waals surface area contributed by atoms with E-state index in [1.165, 1.54) is 19.3 Å². The molecule has 0 unspecified atom stereocenters. The fourth-order valence-electron chi connectivity index (χ4n) is 3.05. The number of nitrogens with zero attached hydrogens (tertiary/aromatic N) is 2. The third kappa shape index (κ3) is 3.45. The Kier molecular flexibility index (Phi) is 5.01. The maximum Gasteiger partial charge on any atom is 0.236 e. The summed E-state index contributed by atoms with van der Waals surface area (Å²) in [4.78, 5) is 16.7. The Hall–Kier alpha value is -0.610. The molecule has 0 bridgehead atoms. The molecule has 0 aromatic rings. The monoisotopic (exact) mass is 254 g/mol. The van der Waals surface area contributed by atoms with E-state index in [0.29, 0.717) is 19.2 Å². The first-order valence-electron chi connectivity index (χ1n) is 7.34. The van der Waals surface area contributed by atoms with Crippen molar-refractivity contribution < 1.29 is 9.53 Å². The molecule has 0 aliphatic carbocycles. The van der Waals surface area contributed by atoms with E-state index in [4.69, 9.17) is 4.74 Å². The molecule has 2 rings (SSSR count). The van der Waals surface area contributed by atoms with Crippen LogP contribution in [0.4, 0.5) is 0 Å². The minimum atomic E-state index is 0.186. The number of morpholine rings is 1. The van der Waals surface area contributed by atoms with Crippen molar-refractivity contribution in [2.45, 2.75) is 51.7 Å². The molecule has 2 fully saturated rings. The van der Waals surface area contributed by atoms with Crippen LogP contribution in [-0.2, 0) is 9.53 Å². The number of hydrogen-bond donors (Lipinski definition) is 0. The minimum Gasteiger partial charge on any atom is -0.375 e. The molecule has 0 spiro atoms. The summed E-state index contributed by atoms with van der Waals surface area (Å²) in [6.45, 7) is 8.15. The highest BCUT2D eigenvalue weighted by atomic mass is 16.5. The number of carbonyl (C=O) groups excluding carboxylic acids is 1. The van der Waals surface area contributed by atoms with Crippen molar-refractivity contribution in [3.63, 3.8) is 0 Å². The SMILES string of the molecule is CC[C@H]1CCCCN1CC(=O)N1CCO[C@@H](C)C1. The smallest absolute Gasteiger partial charge is 0.236 e. The van der Waals surface area contributed by atoms with Crippen molar-refractivity contribution in [1.82, 2.24) is 9.80 Å². The quantitative estimate of drug-likeness (QED) is 0.765. The molecule has 2 aliphatic heterocycles. The molecule has 2 saturated heterocycles. The van der Waals surface area contributed by atoms with Gasteiger partial charge in [0.2, 0.25) is 5.91 Å². The predicted octanol–water partition coefficient (Wildman–Crippen LogP) is 1.50. The zero-order valence-electron chi connectivity index (χ0n) is 11.7. The van der Waals surface area contributed by atoms with Crippen LogP contribution < -0.4 is 0 Å². The van der Waals surface area contributed by atoms with Gasteiger partial charge in [0.1, 0.15) is 0 Å². The van der Waals surface area contributed by atoms with Crippen LogP contribution in [-0.4, -0.2) is 60.6 Å². The Bertz CT molecular complexity index is 283. The zero-order chi connectivity index (χ0) is 13.0. The fourth-order valence-corrected chi connectivity index (χ4v) is 3.05. The van der Waals surface area contributed by atoms with Gasteiger partial charge >= 0.3 is 0 Å². The molecular formula is C14H26N2O2. The Morgan fingerprint density at radius 2 is 2.17 bits per heavy atom. The topological polar surface area (TPSA) is 32.8 Å². The Morgan fingerprint density at radius 1 is 1.33 bits per heavy atom. The van der Waals surface area contributed by atoms with E-state index in [1.54, 1.807) is 0 Å². The van der Waals surface area contributed by atoms with Gasteiger partial charge in [-0.25, -0.2) is 0 Å². The number of amides is 1. The summed E-state index contributed by atoms with van der Waals surface area (Å²) in [5, 5.41) is 0. The average molecular weight is 254 g/mol. The summed E-state index contributed by atoms with van der Waals surface area (Å²) in [5.41, 5.74) is 0. The average Bonchev–Trinajstić information content (AvgIpc) is 2.39. The summed E-state index contributed by atoms with van der Waals surface area (Å²) in [6.07, 6.45) is 5.16. The summed E-state index contributed by atoms with van der Waals surface area (Å²) in [5.74, 6) is 0.283. The third-order valence-corrected chi connectivity index (χ3v) is 4.15. The molecular weight excluding hydrogens is 228 g/mol. The molecule has 1 amide bonds. The second kappa shape index (κ2) is 6.53. The predicted molar refractivity (Wildman–Crippen MR) is 71.5 cm³/mol. The van der Waals surface area contributed by atoms with E-state index in [9.17, 15) is 4.79 Å². The zero-order valence-corrected chi connectivity index (χ0v) is 11.7. The van der Waals surface area contributed by atoms with Gasteiger partial charge in [-0.3, -0.25) is 9.69 Å². The van der Waals surface area contributed by atoms with Crippen LogP contribution >= 0.6 is 0 Å². The lowest BCUT2D eigenvalue weighted by atomic mass is 10.00. The van der Waals surface area contributed by atoms with Crippen molar-refractivity contribution in [3.8, 4) is 0 Å². The molecule has 0 radical (unpaired) electrons. The van der Waals surface area contributed by atoms with Gasteiger partial charge < -0.3 is 9.64 Å². The van der Waals surface area contributed by atoms with Gasteiger partial charge in [-0.05, 0) is 32.7 Å². The standard InChI is InChI=1S/C14H26N2O2/c1-3-13-6-4-5-7-15(13)11-14(17)16-8-9-18-12(2)10-16/h12-13H,3-11H2,1-2H3/t12-,13-/m0/s1. The van der Waals surface area contributed by atoms with E-state index in [2.05, 4.69) is 11.8 Å². The van der Waals surface area contributed by atoms with Crippen LogP contribution in [0, 0.1) is 0 Å². The van der Waals surface area contributed by atoms with Crippen LogP contribution in [0.1, 0.15) is 39.5 Å². The van der Waals surface area contributed by atoms with Crippen LogP contribution in [0.25, 0.3) is 0 Å². The lowest BCUT2D eigenvalue weighted by Gasteiger charge is -2.37. The van der Waals surface area contributed by atoms with E-state index in [1.807, 2.05) is 11.8 Å². The molecule has 0 N–H and O–H groups in total. The van der Waals surface area contributed by atoms with Crippen molar-refractivity contribution >= 4 is 5.91 Å². The number of carbonyl (C=O) groups is 1. The maximum absolute atomic E-state index is 12.3. The first-order chi connectivity index (χ1) is 8.70. The summed E-state index contributed by atoms with van der Waals surface area (Å²) in [7, 11) is 0. The minimum absolute atomic E-state index is 0.186. The summed E-state index contributed by atoms with van der Waals surface area (Å²) >= 11 is 0. The third-order valence-electron chi connectivity index (χ3n) is 4.15. The normalized spacial score (nSPS) is 30.4. The molecule has 2 aliphatic rings. The van der Waals surface area contributed by atoms with E-state index < -0.39 is 0 Å². The van der Waals surface area contributed by atoms with Gasteiger partial charge in [0.05, 0.1) is 19.3 Å². The van der Waals surface area contributed by atoms with Gasteiger partial charge in [0.15, 0.2) is 0 Å². The molecule has 4 nitrogen and oxygen atoms in total. The highest BCUT2D eigenvalue weighted by Gasteiger charge is 2.27. The number of hydrogen-bond acceptors (Lipinski definition) is 3. The van der Waals surface area contributed by atoms with E-state index in [0.717, 1.165) is 26.1 Å². The highest BCUT2D eigenvalue weighted by molar-refractivity contribution is 5.78. The number of piperidine rings is 1. The molecule has 2 heterocycles. The lowest BCUT2D eigenvalue weighted by Crippen LogP contribution is -2.50. The van der Waals surface area contributed by atoms with E-state index in [-0.39, 0.29) is 12.0 Å². The number of ether oxygens (including phenoxy) is 1. The second-order valence-corrected chi connectivity index (χ2v) is 5.55. The van der Waals surface area contributed by atoms with Gasteiger partial charge in [-0.2, -0.15) is 0 Å². The molecule has 0 saturated carbocycles. The number of rotatable bonds is 3. The van der Waals surface area contributed by atoms with Crippen LogP contribution in [0.5, 0.6) is 0 Å². The van der Waals surface area contributed by atoms with Gasteiger partial charge in [-0.1, -0.05) is 13.3 Å². The largest absolute Gasteiger partial charge is 0.375 e.